The van der Waals surface area contributed by atoms with Gasteiger partial charge in [0.05, 0.1) is 12.8 Å². The van der Waals surface area contributed by atoms with Gasteiger partial charge in [-0.05, 0) is 30.2 Å². The molecule has 142 valence electrons. The highest BCUT2D eigenvalue weighted by Gasteiger charge is 2.18. The molecule has 0 spiro atoms. The zero-order chi connectivity index (χ0) is 19.1. The van der Waals surface area contributed by atoms with Crippen LogP contribution in [0.25, 0.3) is 0 Å². The second-order valence-electron chi connectivity index (χ2n) is 6.88. The highest BCUT2D eigenvalue weighted by molar-refractivity contribution is 9.10. The van der Waals surface area contributed by atoms with Crippen molar-refractivity contribution in [3.63, 3.8) is 0 Å². The number of hydrogen-bond donors (Lipinski definition) is 1. The minimum absolute atomic E-state index is 0.0738. The highest BCUT2D eigenvalue weighted by atomic mass is 79.9. The van der Waals surface area contributed by atoms with Gasteiger partial charge in [-0.2, -0.15) is 5.10 Å². The number of hydrogen-bond acceptors (Lipinski definition) is 4. The molecule has 0 atom stereocenters. The molecule has 2 aromatic carbocycles. The molecule has 2 aromatic rings. The monoisotopic (exact) mass is 428 g/mol. The molecule has 1 N–H and O–H groups in total. The molecule has 0 aliphatic carbocycles. The van der Waals surface area contributed by atoms with Gasteiger partial charge in [0.15, 0.2) is 0 Å². The summed E-state index contributed by atoms with van der Waals surface area (Å²) in [4.78, 5) is 16.7. The van der Waals surface area contributed by atoms with Crippen LogP contribution in [0.2, 0.25) is 0 Å². The van der Waals surface area contributed by atoms with Crippen LogP contribution in [-0.2, 0) is 11.3 Å². The van der Waals surface area contributed by atoms with Crippen molar-refractivity contribution in [1.29, 1.82) is 0 Å². The van der Waals surface area contributed by atoms with Gasteiger partial charge in [-0.3, -0.25) is 14.6 Å². The number of carbonyl (C=O) groups excluding carboxylic acids is 1. The van der Waals surface area contributed by atoms with Crippen molar-refractivity contribution in [3.05, 3.63) is 69.7 Å². The largest absolute Gasteiger partial charge is 0.297 e. The minimum atomic E-state index is -0.0738. The first-order valence-electron chi connectivity index (χ1n) is 9.16. The summed E-state index contributed by atoms with van der Waals surface area (Å²) in [5.74, 6) is -0.0738. The van der Waals surface area contributed by atoms with Gasteiger partial charge in [-0.25, -0.2) is 5.43 Å². The van der Waals surface area contributed by atoms with Gasteiger partial charge in [0.1, 0.15) is 0 Å². The average Bonchev–Trinajstić information content (AvgIpc) is 2.67. The van der Waals surface area contributed by atoms with Crippen molar-refractivity contribution < 1.29 is 4.79 Å². The van der Waals surface area contributed by atoms with Gasteiger partial charge in [0.25, 0.3) is 5.91 Å². The van der Waals surface area contributed by atoms with E-state index in [1.165, 1.54) is 11.1 Å². The Labute approximate surface area is 169 Å². The van der Waals surface area contributed by atoms with E-state index in [-0.39, 0.29) is 5.91 Å². The molecule has 1 amide bonds. The summed E-state index contributed by atoms with van der Waals surface area (Å²) in [7, 11) is 0. The molecule has 0 radical (unpaired) electrons. The predicted octanol–water partition coefficient (Wildman–Crippen LogP) is 3.03. The molecule has 0 bridgehead atoms. The first-order valence-corrected chi connectivity index (χ1v) is 9.95. The van der Waals surface area contributed by atoms with E-state index in [9.17, 15) is 4.79 Å². The van der Waals surface area contributed by atoms with Crippen LogP contribution in [0.1, 0.15) is 16.7 Å². The van der Waals surface area contributed by atoms with Gasteiger partial charge in [-0.15, -0.1) is 0 Å². The summed E-state index contributed by atoms with van der Waals surface area (Å²) in [6, 6.07) is 16.5. The standard InChI is InChI=1S/C21H25BrN4O/c1-17-2-4-19(5-3-17)15-25-10-12-26(13-11-25)16-21(27)24-23-14-18-6-8-20(22)9-7-18/h2-9,14H,10-13,15-16H2,1H3,(H,24,27). The average molecular weight is 429 g/mol. The van der Waals surface area contributed by atoms with Crippen molar-refractivity contribution in [2.24, 2.45) is 5.10 Å². The number of amides is 1. The Morgan fingerprint density at radius 1 is 1.04 bits per heavy atom. The molecular weight excluding hydrogens is 404 g/mol. The quantitative estimate of drug-likeness (QED) is 0.568. The molecule has 5 nitrogen and oxygen atoms in total. The molecule has 0 aromatic heterocycles. The lowest BCUT2D eigenvalue weighted by Gasteiger charge is -2.34. The van der Waals surface area contributed by atoms with Crippen molar-refractivity contribution in [2.75, 3.05) is 32.7 Å². The van der Waals surface area contributed by atoms with E-state index in [0.29, 0.717) is 6.54 Å². The summed E-state index contributed by atoms with van der Waals surface area (Å²) < 4.78 is 1.02. The number of aryl methyl sites for hydroxylation is 1. The van der Waals surface area contributed by atoms with Crippen LogP contribution in [0.3, 0.4) is 0 Å². The Bertz CT molecular complexity index is 766. The molecule has 1 saturated heterocycles. The highest BCUT2D eigenvalue weighted by Crippen LogP contribution is 2.10. The van der Waals surface area contributed by atoms with Crippen LogP contribution in [0.15, 0.2) is 58.1 Å². The molecule has 1 aliphatic heterocycles. The van der Waals surface area contributed by atoms with Crippen LogP contribution < -0.4 is 5.43 Å². The van der Waals surface area contributed by atoms with E-state index in [4.69, 9.17) is 0 Å². The van der Waals surface area contributed by atoms with Gasteiger partial charge >= 0.3 is 0 Å². The molecule has 1 fully saturated rings. The smallest absolute Gasteiger partial charge is 0.254 e. The molecule has 1 aliphatic rings. The molecule has 0 saturated carbocycles. The van der Waals surface area contributed by atoms with Gasteiger partial charge in [-0.1, -0.05) is 57.9 Å². The Morgan fingerprint density at radius 2 is 1.67 bits per heavy atom. The number of benzene rings is 2. The number of nitrogens with zero attached hydrogens (tertiary/aromatic N) is 3. The number of carbonyl (C=O) groups is 1. The van der Waals surface area contributed by atoms with Crippen LogP contribution in [0, 0.1) is 6.92 Å². The summed E-state index contributed by atoms with van der Waals surface area (Å²) in [5.41, 5.74) is 6.19. The topological polar surface area (TPSA) is 47.9 Å². The fourth-order valence-electron chi connectivity index (χ4n) is 3.02. The van der Waals surface area contributed by atoms with E-state index >= 15 is 0 Å². The predicted molar refractivity (Wildman–Crippen MR) is 113 cm³/mol. The van der Waals surface area contributed by atoms with Crippen LogP contribution in [0.4, 0.5) is 0 Å². The fraction of sp³-hybridized carbons (Fsp3) is 0.333. The summed E-state index contributed by atoms with van der Waals surface area (Å²) in [5, 5.41) is 4.04. The SMILES string of the molecule is Cc1ccc(CN2CCN(CC(=O)NN=Cc3ccc(Br)cc3)CC2)cc1. The lowest BCUT2D eigenvalue weighted by molar-refractivity contribution is -0.122. The van der Waals surface area contributed by atoms with E-state index in [1.807, 2.05) is 24.3 Å². The third kappa shape index (κ3) is 6.57. The zero-order valence-corrected chi connectivity index (χ0v) is 17.2. The third-order valence-electron chi connectivity index (χ3n) is 4.63. The lowest BCUT2D eigenvalue weighted by atomic mass is 10.1. The summed E-state index contributed by atoms with van der Waals surface area (Å²) >= 11 is 3.39. The first kappa shape index (κ1) is 19.7. The number of halogens is 1. The summed E-state index contributed by atoms with van der Waals surface area (Å²) in [6.07, 6.45) is 1.66. The van der Waals surface area contributed by atoms with Crippen molar-refractivity contribution in [3.8, 4) is 0 Å². The van der Waals surface area contributed by atoms with Crippen molar-refractivity contribution in [2.45, 2.75) is 13.5 Å². The minimum Gasteiger partial charge on any atom is -0.297 e. The van der Waals surface area contributed by atoms with E-state index in [1.54, 1.807) is 6.21 Å². The van der Waals surface area contributed by atoms with Crippen molar-refractivity contribution >= 4 is 28.1 Å². The fourth-order valence-corrected chi connectivity index (χ4v) is 3.29. The number of rotatable bonds is 6. The van der Waals surface area contributed by atoms with E-state index < -0.39 is 0 Å². The molecule has 3 rings (SSSR count). The Morgan fingerprint density at radius 3 is 2.33 bits per heavy atom. The molecule has 0 unspecified atom stereocenters. The molecule has 6 heteroatoms. The maximum atomic E-state index is 12.1. The summed E-state index contributed by atoms with van der Waals surface area (Å²) in [6.45, 7) is 7.21. The van der Waals surface area contributed by atoms with Gasteiger partial charge < -0.3 is 0 Å². The lowest BCUT2D eigenvalue weighted by Crippen LogP contribution is -2.48. The van der Waals surface area contributed by atoms with Gasteiger partial charge in [0.2, 0.25) is 0 Å². The zero-order valence-electron chi connectivity index (χ0n) is 15.6. The molecule has 1 heterocycles. The Kier molecular flexibility index (Phi) is 7.15. The van der Waals surface area contributed by atoms with Crippen LogP contribution in [0.5, 0.6) is 0 Å². The number of nitrogens with one attached hydrogen (secondary N) is 1. The Hall–Kier alpha value is -2.02. The van der Waals surface area contributed by atoms with Crippen LogP contribution in [-0.4, -0.2) is 54.6 Å². The number of piperazine rings is 1. The third-order valence-corrected chi connectivity index (χ3v) is 5.16. The molecule has 27 heavy (non-hydrogen) atoms. The number of hydrazone groups is 1. The first-order chi connectivity index (χ1) is 13.1. The van der Waals surface area contributed by atoms with Gasteiger partial charge in [0, 0.05) is 37.2 Å². The second kappa shape index (κ2) is 9.78. The van der Waals surface area contributed by atoms with E-state index in [2.05, 4.69) is 67.4 Å². The van der Waals surface area contributed by atoms with E-state index in [0.717, 1.165) is 42.8 Å². The van der Waals surface area contributed by atoms with Crippen LogP contribution >= 0.6 is 15.9 Å². The maximum absolute atomic E-state index is 12.1. The second-order valence-corrected chi connectivity index (χ2v) is 7.80. The maximum Gasteiger partial charge on any atom is 0.254 e. The Balaban J connectivity index is 1.37. The normalized spacial score (nSPS) is 15.9. The van der Waals surface area contributed by atoms with Crippen molar-refractivity contribution in [1.82, 2.24) is 15.2 Å². The molecular formula is C21H25BrN4O.